The highest BCUT2D eigenvalue weighted by atomic mass is 32.1. The van der Waals surface area contributed by atoms with Gasteiger partial charge in [-0.05, 0) is 19.4 Å². The van der Waals surface area contributed by atoms with E-state index in [0.29, 0.717) is 19.5 Å². The number of thiazole rings is 1. The molecular weight excluding hydrogens is 210 g/mol. The Morgan fingerprint density at radius 1 is 1.67 bits per heavy atom. The number of carbonyl (C=O) groups excluding carboxylic acids is 1. The van der Waals surface area contributed by atoms with E-state index in [2.05, 4.69) is 17.2 Å². The third-order valence-electron chi connectivity index (χ3n) is 1.95. The first-order chi connectivity index (χ1) is 7.26. The van der Waals surface area contributed by atoms with Crippen LogP contribution in [-0.4, -0.2) is 24.0 Å². The Kier molecular flexibility index (Phi) is 5.28. The van der Waals surface area contributed by atoms with Gasteiger partial charge in [0.25, 0.3) is 0 Å². The summed E-state index contributed by atoms with van der Waals surface area (Å²) >= 11 is 1.61. The smallest absolute Gasteiger partial charge is 0.226 e. The van der Waals surface area contributed by atoms with Crippen molar-refractivity contribution in [3.63, 3.8) is 0 Å². The first-order valence-corrected chi connectivity index (χ1v) is 6.04. The topological polar surface area (TPSA) is 68.0 Å². The van der Waals surface area contributed by atoms with Crippen molar-refractivity contribution in [1.82, 2.24) is 10.3 Å². The number of nitrogens with one attached hydrogen (secondary N) is 1. The van der Waals surface area contributed by atoms with Crippen LogP contribution in [0.2, 0.25) is 0 Å². The molecule has 1 heterocycles. The van der Waals surface area contributed by atoms with E-state index in [9.17, 15) is 4.79 Å². The van der Waals surface area contributed by atoms with Crippen LogP contribution in [0, 0.1) is 0 Å². The third-order valence-corrected chi connectivity index (χ3v) is 2.99. The Morgan fingerprint density at radius 2 is 2.47 bits per heavy atom. The molecule has 0 radical (unpaired) electrons. The quantitative estimate of drug-likeness (QED) is 0.703. The number of nitrogens with two attached hydrogens (primary N) is 1. The number of aryl methyl sites for hydroxylation is 1. The van der Waals surface area contributed by atoms with Crippen LogP contribution in [-0.2, 0) is 17.6 Å². The first-order valence-electron chi connectivity index (χ1n) is 5.16. The second-order valence-electron chi connectivity index (χ2n) is 3.26. The maximum absolute atomic E-state index is 11.4. The van der Waals surface area contributed by atoms with Crippen LogP contribution in [0.4, 0.5) is 0 Å². The zero-order chi connectivity index (χ0) is 11.1. The van der Waals surface area contributed by atoms with E-state index in [-0.39, 0.29) is 5.91 Å². The van der Waals surface area contributed by atoms with Gasteiger partial charge < -0.3 is 11.1 Å². The standard InChI is InChI=1S/C10H17N3OS/c1-2-10-13-8(7-15-10)6-9(14)12-5-3-4-11/h7H,2-6,11H2,1H3,(H,12,14). The summed E-state index contributed by atoms with van der Waals surface area (Å²) in [4.78, 5) is 15.7. The molecule has 0 atom stereocenters. The van der Waals surface area contributed by atoms with Crippen LogP contribution in [0.3, 0.4) is 0 Å². The van der Waals surface area contributed by atoms with Crippen molar-refractivity contribution < 1.29 is 4.79 Å². The Bertz CT molecular complexity index is 311. The fourth-order valence-electron chi connectivity index (χ4n) is 1.15. The maximum atomic E-state index is 11.4. The van der Waals surface area contributed by atoms with Gasteiger partial charge in [-0.25, -0.2) is 4.98 Å². The predicted octanol–water partition coefficient (Wildman–Crippen LogP) is 0.713. The van der Waals surface area contributed by atoms with Crippen molar-refractivity contribution in [3.05, 3.63) is 16.1 Å². The molecule has 0 bridgehead atoms. The number of hydrogen-bond acceptors (Lipinski definition) is 4. The fourth-order valence-corrected chi connectivity index (χ4v) is 1.89. The number of aromatic nitrogens is 1. The molecule has 84 valence electrons. The molecule has 0 unspecified atom stereocenters. The van der Waals surface area contributed by atoms with E-state index >= 15 is 0 Å². The van der Waals surface area contributed by atoms with Gasteiger partial charge in [-0.15, -0.1) is 11.3 Å². The molecule has 5 heteroatoms. The minimum Gasteiger partial charge on any atom is -0.356 e. The second-order valence-corrected chi connectivity index (χ2v) is 4.20. The van der Waals surface area contributed by atoms with Crippen molar-refractivity contribution in [1.29, 1.82) is 0 Å². The lowest BCUT2D eigenvalue weighted by Crippen LogP contribution is -2.27. The van der Waals surface area contributed by atoms with Crippen LogP contribution in [0.1, 0.15) is 24.0 Å². The minimum atomic E-state index is 0.0244. The van der Waals surface area contributed by atoms with Gasteiger partial charge >= 0.3 is 0 Å². The summed E-state index contributed by atoms with van der Waals surface area (Å²) in [5, 5.41) is 5.83. The summed E-state index contributed by atoms with van der Waals surface area (Å²) in [5.74, 6) is 0.0244. The molecule has 3 N–H and O–H groups in total. The number of rotatable bonds is 6. The summed E-state index contributed by atoms with van der Waals surface area (Å²) in [6, 6.07) is 0. The molecule has 15 heavy (non-hydrogen) atoms. The summed E-state index contributed by atoms with van der Waals surface area (Å²) in [7, 11) is 0. The number of carbonyl (C=O) groups is 1. The molecule has 0 aliphatic heterocycles. The molecule has 0 saturated carbocycles. The van der Waals surface area contributed by atoms with Gasteiger partial charge in [0.05, 0.1) is 17.1 Å². The van der Waals surface area contributed by atoms with Gasteiger partial charge in [0.2, 0.25) is 5.91 Å². The van der Waals surface area contributed by atoms with Gasteiger partial charge in [-0.3, -0.25) is 4.79 Å². The lowest BCUT2D eigenvalue weighted by atomic mass is 10.3. The van der Waals surface area contributed by atoms with Crippen LogP contribution < -0.4 is 11.1 Å². The largest absolute Gasteiger partial charge is 0.356 e. The summed E-state index contributed by atoms with van der Waals surface area (Å²) in [6.45, 7) is 3.32. The van der Waals surface area contributed by atoms with E-state index < -0.39 is 0 Å². The highest BCUT2D eigenvalue weighted by molar-refractivity contribution is 7.09. The Morgan fingerprint density at radius 3 is 3.07 bits per heavy atom. The summed E-state index contributed by atoms with van der Waals surface area (Å²) < 4.78 is 0. The van der Waals surface area contributed by atoms with E-state index in [1.807, 2.05) is 5.38 Å². The Hall–Kier alpha value is -0.940. The molecule has 0 fully saturated rings. The number of nitrogens with zero attached hydrogens (tertiary/aromatic N) is 1. The first kappa shape index (κ1) is 12.1. The molecule has 1 aromatic heterocycles. The average molecular weight is 227 g/mol. The second kappa shape index (κ2) is 6.53. The van der Waals surface area contributed by atoms with Crippen LogP contribution in [0.5, 0.6) is 0 Å². The zero-order valence-electron chi connectivity index (χ0n) is 8.95. The van der Waals surface area contributed by atoms with E-state index in [1.54, 1.807) is 11.3 Å². The molecule has 0 aliphatic rings. The van der Waals surface area contributed by atoms with Crippen LogP contribution in [0.15, 0.2) is 5.38 Å². The van der Waals surface area contributed by atoms with Gasteiger partial charge in [0, 0.05) is 11.9 Å². The maximum Gasteiger partial charge on any atom is 0.226 e. The summed E-state index contributed by atoms with van der Waals surface area (Å²) in [5.41, 5.74) is 6.19. The Balaban J connectivity index is 2.31. The lowest BCUT2D eigenvalue weighted by Gasteiger charge is -2.01. The molecule has 0 saturated heterocycles. The van der Waals surface area contributed by atoms with Gasteiger partial charge in [-0.2, -0.15) is 0 Å². The van der Waals surface area contributed by atoms with Gasteiger partial charge in [0.15, 0.2) is 0 Å². The normalized spacial score (nSPS) is 10.3. The molecule has 4 nitrogen and oxygen atoms in total. The SMILES string of the molecule is CCc1nc(CC(=O)NCCCN)cs1. The van der Waals surface area contributed by atoms with Crippen molar-refractivity contribution in [3.8, 4) is 0 Å². The minimum absolute atomic E-state index is 0.0244. The monoisotopic (exact) mass is 227 g/mol. The number of hydrogen-bond donors (Lipinski definition) is 2. The van der Waals surface area contributed by atoms with Crippen molar-refractivity contribution >= 4 is 17.2 Å². The molecule has 0 aliphatic carbocycles. The predicted molar refractivity (Wildman–Crippen MR) is 61.9 cm³/mol. The molecule has 1 aromatic rings. The molecule has 0 aromatic carbocycles. The molecule has 0 spiro atoms. The van der Waals surface area contributed by atoms with E-state index in [4.69, 9.17) is 5.73 Å². The molecule has 1 rings (SSSR count). The highest BCUT2D eigenvalue weighted by Crippen LogP contribution is 2.10. The molecule has 1 amide bonds. The zero-order valence-corrected chi connectivity index (χ0v) is 9.77. The average Bonchev–Trinajstić information content (AvgIpc) is 2.66. The summed E-state index contributed by atoms with van der Waals surface area (Å²) in [6.07, 6.45) is 2.13. The highest BCUT2D eigenvalue weighted by Gasteiger charge is 2.05. The van der Waals surface area contributed by atoms with Gasteiger partial charge in [0.1, 0.15) is 0 Å². The van der Waals surface area contributed by atoms with Crippen molar-refractivity contribution in [2.45, 2.75) is 26.2 Å². The molecular formula is C10H17N3OS. The Labute approximate surface area is 93.9 Å². The van der Waals surface area contributed by atoms with Crippen molar-refractivity contribution in [2.24, 2.45) is 5.73 Å². The van der Waals surface area contributed by atoms with Crippen LogP contribution >= 0.6 is 11.3 Å². The van der Waals surface area contributed by atoms with Gasteiger partial charge in [-0.1, -0.05) is 6.92 Å². The van der Waals surface area contributed by atoms with Crippen LogP contribution in [0.25, 0.3) is 0 Å². The van der Waals surface area contributed by atoms with E-state index in [0.717, 1.165) is 23.5 Å². The fraction of sp³-hybridized carbons (Fsp3) is 0.600. The number of amides is 1. The lowest BCUT2D eigenvalue weighted by molar-refractivity contribution is -0.120. The van der Waals surface area contributed by atoms with Crippen molar-refractivity contribution in [2.75, 3.05) is 13.1 Å². The third kappa shape index (κ3) is 4.40. The van der Waals surface area contributed by atoms with E-state index in [1.165, 1.54) is 0 Å².